The third-order valence-electron chi connectivity index (χ3n) is 3.03. The number of carbonyl (C=O) groups is 2. The fourth-order valence-electron chi connectivity index (χ4n) is 1.99. The summed E-state index contributed by atoms with van der Waals surface area (Å²) >= 11 is 0.891. The van der Waals surface area contributed by atoms with Crippen LogP contribution in [-0.2, 0) is 4.79 Å². The maximum Gasteiger partial charge on any atom is 0.290 e. The number of rotatable bonds is 2. The van der Waals surface area contributed by atoms with Crippen LogP contribution in [0.15, 0.2) is 53.4 Å². The van der Waals surface area contributed by atoms with Gasteiger partial charge < -0.3 is 0 Å². The highest BCUT2D eigenvalue weighted by Gasteiger charge is 2.24. The third-order valence-corrected chi connectivity index (χ3v) is 3.84. The number of imide groups is 1. The Morgan fingerprint density at radius 1 is 0.905 bits per heavy atom. The first-order valence-corrected chi connectivity index (χ1v) is 7.04. The van der Waals surface area contributed by atoms with Gasteiger partial charge in [-0.25, -0.2) is 4.39 Å². The predicted octanol–water partition coefficient (Wildman–Crippen LogP) is 3.82. The summed E-state index contributed by atoms with van der Waals surface area (Å²) in [6.45, 7) is 0. The standard InChI is InChI=1S/C16H10FNO2S/c17-13-7-5-12(6-8-13)11-3-1-10(2-4-11)9-14-15(19)18-16(20)21-14/h1-9H,(H,18,19,20). The van der Waals surface area contributed by atoms with E-state index in [-0.39, 0.29) is 17.0 Å². The second-order valence-electron chi connectivity index (χ2n) is 4.48. The van der Waals surface area contributed by atoms with E-state index in [0.29, 0.717) is 4.91 Å². The van der Waals surface area contributed by atoms with E-state index in [4.69, 9.17) is 0 Å². The predicted molar refractivity (Wildman–Crippen MR) is 80.9 cm³/mol. The molecule has 5 heteroatoms. The molecule has 0 saturated carbocycles. The Bertz CT molecular complexity index is 736. The van der Waals surface area contributed by atoms with Crippen LogP contribution in [0.25, 0.3) is 17.2 Å². The van der Waals surface area contributed by atoms with Crippen LogP contribution in [0.1, 0.15) is 5.56 Å². The van der Waals surface area contributed by atoms with Crippen molar-refractivity contribution in [1.82, 2.24) is 5.32 Å². The van der Waals surface area contributed by atoms with Gasteiger partial charge in [0.1, 0.15) is 5.82 Å². The van der Waals surface area contributed by atoms with Crippen LogP contribution in [0.3, 0.4) is 0 Å². The zero-order valence-electron chi connectivity index (χ0n) is 10.8. The second-order valence-corrected chi connectivity index (χ2v) is 5.50. The quantitative estimate of drug-likeness (QED) is 0.858. The minimum atomic E-state index is -0.368. The summed E-state index contributed by atoms with van der Waals surface area (Å²) in [7, 11) is 0. The van der Waals surface area contributed by atoms with Crippen molar-refractivity contribution >= 4 is 29.0 Å². The Morgan fingerprint density at radius 3 is 2.00 bits per heavy atom. The van der Waals surface area contributed by atoms with Gasteiger partial charge >= 0.3 is 0 Å². The lowest BCUT2D eigenvalue weighted by Gasteiger charge is -2.02. The Balaban J connectivity index is 1.84. The number of hydrogen-bond donors (Lipinski definition) is 1. The molecular formula is C16H10FNO2S. The van der Waals surface area contributed by atoms with Gasteiger partial charge in [-0.15, -0.1) is 0 Å². The highest BCUT2D eigenvalue weighted by atomic mass is 32.2. The van der Waals surface area contributed by atoms with Crippen molar-refractivity contribution in [3.63, 3.8) is 0 Å². The van der Waals surface area contributed by atoms with Crippen LogP contribution in [-0.4, -0.2) is 11.1 Å². The van der Waals surface area contributed by atoms with Gasteiger partial charge in [0, 0.05) is 0 Å². The summed E-state index contributed by atoms with van der Waals surface area (Å²) < 4.78 is 12.9. The molecule has 1 N–H and O–H groups in total. The van der Waals surface area contributed by atoms with Crippen LogP contribution in [0.2, 0.25) is 0 Å². The van der Waals surface area contributed by atoms with Gasteiger partial charge in [-0.2, -0.15) is 0 Å². The third kappa shape index (κ3) is 3.03. The average molecular weight is 299 g/mol. The summed E-state index contributed by atoms with van der Waals surface area (Å²) in [6, 6.07) is 13.7. The average Bonchev–Trinajstić information content (AvgIpc) is 2.79. The molecule has 0 radical (unpaired) electrons. The fourth-order valence-corrected chi connectivity index (χ4v) is 2.67. The van der Waals surface area contributed by atoms with E-state index in [1.807, 2.05) is 24.3 Å². The van der Waals surface area contributed by atoms with Crippen LogP contribution < -0.4 is 5.32 Å². The van der Waals surface area contributed by atoms with E-state index < -0.39 is 0 Å². The van der Waals surface area contributed by atoms with Crippen LogP contribution in [0.4, 0.5) is 9.18 Å². The number of carbonyl (C=O) groups excluding carboxylic acids is 2. The van der Waals surface area contributed by atoms with Crippen molar-refractivity contribution in [2.75, 3.05) is 0 Å². The summed E-state index contributed by atoms with van der Waals surface area (Å²) in [5.74, 6) is -0.637. The normalized spacial score (nSPS) is 16.3. The van der Waals surface area contributed by atoms with Gasteiger partial charge in [0.05, 0.1) is 4.91 Å². The highest BCUT2D eigenvalue weighted by Crippen LogP contribution is 2.26. The first kappa shape index (κ1) is 13.6. The van der Waals surface area contributed by atoms with E-state index in [2.05, 4.69) is 5.32 Å². The molecule has 2 aromatic rings. The Morgan fingerprint density at radius 2 is 1.48 bits per heavy atom. The smallest absolute Gasteiger partial charge is 0.282 e. The molecule has 104 valence electrons. The molecule has 21 heavy (non-hydrogen) atoms. The molecule has 2 amide bonds. The maximum atomic E-state index is 12.9. The zero-order chi connectivity index (χ0) is 14.8. The molecule has 3 nitrogen and oxygen atoms in total. The lowest BCUT2D eigenvalue weighted by molar-refractivity contribution is -0.115. The van der Waals surface area contributed by atoms with Crippen LogP contribution in [0, 0.1) is 5.82 Å². The molecule has 1 saturated heterocycles. The largest absolute Gasteiger partial charge is 0.290 e. The van der Waals surface area contributed by atoms with Gasteiger partial charge in [0.2, 0.25) is 0 Å². The number of amides is 2. The van der Waals surface area contributed by atoms with E-state index in [9.17, 15) is 14.0 Å². The van der Waals surface area contributed by atoms with E-state index in [1.165, 1.54) is 12.1 Å². The van der Waals surface area contributed by atoms with Gasteiger partial charge in [-0.05, 0) is 46.7 Å². The molecule has 3 rings (SSSR count). The number of nitrogens with one attached hydrogen (secondary N) is 1. The SMILES string of the molecule is O=C1NC(=O)C(=Cc2ccc(-c3ccc(F)cc3)cc2)S1. The van der Waals surface area contributed by atoms with Crippen molar-refractivity contribution in [3.05, 3.63) is 64.8 Å². The van der Waals surface area contributed by atoms with Crippen molar-refractivity contribution in [1.29, 1.82) is 0 Å². The number of halogens is 1. The minimum absolute atomic E-state index is 0.269. The molecule has 2 aromatic carbocycles. The summed E-state index contributed by atoms with van der Waals surface area (Å²) in [5.41, 5.74) is 2.70. The highest BCUT2D eigenvalue weighted by molar-refractivity contribution is 8.18. The first-order valence-electron chi connectivity index (χ1n) is 6.23. The topological polar surface area (TPSA) is 46.2 Å². The molecule has 0 spiro atoms. The van der Waals surface area contributed by atoms with E-state index in [0.717, 1.165) is 28.5 Å². The van der Waals surface area contributed by atoms with E-state index >= 15 is 0 Å². The molecule has 0 bridgehead atoms. The van der Waals surface area contributed by atoms with Crippen molar-refractivity contribution in [3.8, 4) is 11.1 Å². The fraction of sp³-hybridized carbons (Fsp3) is 0. The molecule has 1 aliphatic heterocycles. The van der Waals surface area contributed by atoms with Crippen molar-refractivity contribution in [2.45, 2.75) is 0 Å². The molecule has 1 fully saturated rings. The van der Waals surface area contributed by atoms with E-state index in [1.54, 1.807) is 18.2 Å². The first-order chi connectivity index (χ1) is 10.1. The lowest BCUT2D eigenvalue weighted by Crippen LogP contribution is -2.17. The Kier molecular flexibility index (Phi) is 3.58. The van der Waals surface area contributed by atoms with Crippen LogP contribution >= 0.6 is 11.8 Å². The minimum Gasteiger partial charge on any atom is -0.282 e. The molecule has 1 heterocycles. The van der Waals surface area contributed by atoms with Gasteiger partial charge in [-0.1, -0.05) is 36.4 Å². The lowest BCUT2D eigenvalue weighted by atomic mass is 10.0. The number of benzene rings is 2. The molecule has 0 aromatic heterocycles. The van der Waals surface area contributed by atoms with Crippen LogP contribution in [0.5, 0.6) is 0 Å². The monoisotopic (exact) mass is 299 g/mol. The second kappa shape index (κ2) is 5.54. The molecule has 0 unspecified atom stereocenters. The van der Waals surface area contributed by atoms with Crippen molar-refractivity contribution < 1.29 is 14.0 Å². The summed E-state index contributed by atoms with van der Waals surface area (Å²) in [4.78, 5) is 22.9. The zero-order valence-corrected chi connectivity index (χ0v) is 11.6. The number of thioether (sulfide) groups is 1. The van der Waals surface area contributed by atoms with Gasteiger partial charge in [-0.3, -0.25) is 14.9 Å². The Labute approximate surface area is 124 Å². The molecule has 0 atom stereocenters. The molecule has 1 aliphatic rings. The molecular weight excluding hydrogens is 289 g/mol. The summed E-state index contributed by atoms with van der Waals surface area (Å²) in [6.07, 6.45) is 1.67. The number of hydrogen-bond acceptors (Lipinski definition) is 3. The Hall–Kier alpha value is -2.40. The van der Waals surface area contributed by atoms with Gasteiger partial charge in [0.15, 0.2) is 0 Å². The molecule has 0 aliphatic carbocycles. The van der Waals surface area contributed by atoms with Crippen molar-refractivity contribution in [2.24, 2.45) is 0 Å². The summed E-state index contributed by atoms with van der Waals surface area (Å²) in [5, 5.41) is 1.86. The van der Waals surface area contributed by atoms with Gasteiger partial charge in [0.25, 0.3) is 11.1 Å². The maximum absolute atomic E-state index is 12.9.